The normalized spacial score (nSPS) is 14.7. The third kappa shape index (κ3) is 4.63. The van der Waals surface area contributed by atoms with Gasteiger partial charge < -0.3 is 4.74 Å². The Labute approximate surface area is 171 Å². The maximum atomic E-state index is 13.2. The van der Waals surface area contributed by atoms with Crippen molar-refractivity contribution in [2.24, 2.45) is 0 Å². The minimum Gasteiger partial charge on any atom is -0.454 e. The Morgan fingerprint density at radius 1 is 1.00 bits per heavy atom. The second kappa shape index (κ2) is 8.56. The number of hydrogen-bond donors (Lipinski definition) is 0. The van der Waals surface area contributed by atoms with Crippen LogP contribution in [0.15, 0.2) is 41.3 Å². The van der Waals surface area contributed by atoms with Crippen molar-refractivity contribution in [3.8, 4) is 0 Å². The molecule has 6 nitrogen and oxygen atoms in total. The van der Waals surface area contributed by atoms with Crippen LogP contribution in [0.3, 0.4) is 0 Å². The second-order valence-corrected chi connectivity index (χ2v) is 8.70. The highest BCUT2D eigenvalue weighted by molar-refractivity contribution is 7.89. The van der Waals surface area contributed by atoms with E-state index in [1.165, 1.54) is 16.4 Å². The zero-order valence-electron chi connectivity index (χ0n) is 15.0. The Bertz CT molecular complexity index is 1070. The Balaban J connectivity index is 1.74. The Kier molecular flexibility index (Phi) is 6.30. The maximum Gasteiger partial charge on any atom is 0.338 e. The molecule has 0 bridgehead atoms. The summed E-state index contributed by atoms with van der Waals surface area (Å²) in [5.41, 5.74) is -0.268. The molecule has 0 amide bonds. The van der Waals surface area contributed by atoms with Gasteiger partial charge in [-0.1, -0.05) is 11.6 Å². The van der Waals surface area contributed by atoms with Gasteiger partial charge in [-0.05, 0) is 49.2 Å². The molecule has 0 aromatic heterocycles. The number of hydrogen-bond acceptors (Lipinski definition) is 5. The van der Waals surface area contributed by atoms with Gasteiger partial charge in [0.25, 0.3) is 0 Å². The first-order valence-electron chi connectivity index (χ1n) is 8.65. The number of Topliss-reactive ketones (excluding diaryl/α,β-unsaturated/α-hetero) is 1. The minimum atomic E-state index is -3.86. The minimum absolute atomic E-state index is 0.0358. The fourth-order valence-electron chi connectivity index (χ4n) is 2.86. The Morgan fingerprint density at radius 2 is 1.66 bits per heavy atom. The lowest BCUT2D eigenvalue weighted by Crippen LogP contribution is -2.28. The third-order valence-corrected chi connectivity index (χ3v) is 6.81. The number of esters is 1. The smallest absolute Gasteiger partial charge is 0.338 e. The number of rotatable bonds is 6. The first-order valence-corrected chi connectivity index (χ1v) is 10.5. The van der Waals surface area contributed by atoms with Gasteiger partial charge in [0.1, 0.15) is 4.90 Å². The van der Waals surface area contributed by atoms with Crippen molar-refractivity contribution in [2.75, 3.05) is 19.7 Å². The number of carbonyl (C=O) groups is 2. The average Bonchev–Trinajstić information content (AvgIpc) is 3.24. The Hall–Kier alpha value is -2.36. The fraction of sp³-hybridized carbons (Fsp3) is 0.263. The first-order chi connectivity index (χ1) is 13.7. The molecule has 0 aliphatic carbocycles. The molecule has 154 valence electrons. The second-order valence-electron chi connectivity index (χ2n) is 6.38. The average molecular weight is 444 g/mol. The molecule has 2 aromatic carbocycles. The zero-order chi connectivity index (χ0) is 21.2. The molecule has 1 aliphatic rings. The SMILES string of the molecule is O=C(COC(=O)c1ccc(Cl)c(S(=O)(=O)N2CCCC2)c1)c1ccc(F)c(F)c1. The van der Waals surface area contributed by atoms with E-state index >= 15 is 0 Å². The Morgan fingerprint density at radius 3 is 2.31 bits per heavy atom. The summed E-state index contributed by atoms with van der Waals surface area (Å²) in [6.07, 6.45) is 1.48. The van der Waals surface area contributed by atoms with Crippen LogP contribution in [-0.2, 0) is 14.8 Å². The van der Waals surface area contributed by atoms with Crippen molar-refractivity contribution in [1.82, 2.24) is 4.31 Å². The van der Waals surface area contributed by atoms with Crippen molar-refractivity contribution >= 4 is 33.4 Å². The number of ketones is 1. The molecule has 29 heavy (non-hydrogen) atoms. The summed E-state index contributed by atoms with van der Waals surface area (Å²) in [7, 11) is -3.86. The van der Waals surface area contributed by atoms with E-state index in [0.717, 1.165) is 31.0 Å². The van der Waals surface area contributed by atoms with Crippen LogP contribution in [0.5, 0.6) is 0 Å². The number of carbonyl (C=O) groups excluding carboxylic acids is 2. The molecule has 0 radical (unpaired) electrons. The van der Waals surface area contributed by atoms with Gasteiger partial charge in [0.2, 0.25) is 10.0 Å². The van der Waals surface area contributed by atoms with Gasteiger partial charge in [0.15, 0.2) is 24.0 Å². The summed E-state index contributed by atoms with van der Waals surface area (Å²) < 4.78 is 57.8. The van der Waals surface area contributed by atoms with Gasteiger partial charge in [-0.15, -0.1) is 0 Å². The largest absolute Gasteiger partial charge is 0.454 e. The van der Waals surface area contributed by atoms with Crippen LogP contribution >= 0.6 is 11.6 Å². The molecule has 0 spiro atoms. The molecule has 1 saturated heterocycles. The third-order valence-electron chi connectivity index (χ3n) is 4.43. The molecule has 1 heterocycles. The van der Waals surface area contributed by atoms with Gasteiger partial charge in [-0.2, -0.15) is 4.31 Å². The van der Waals surface area contributed by atoms with Crippen molar-refractivity contribution in [2.45, 2.75) is 17.7 Å². The van der Waals surface area contributed by atoms with Crippen LogP contribution in [0.4, 0.5) is 8.78 Å². The van der Waals surface area contributed by atoms with Crippen LogP contribution in [0.25, 0.3) is 0 Å². The summed E-state index contributed by atoms with van der Waals surface area (Å²) in [6, 6.07) is 6.19. The molecular formula is C19H16ClF2NO5S. The standard InChI is InChI=1S/C19H16ClF2NO5S/c20-14-5-3-13(10-18(14)29(26,27)23-7-1-2-8-23)19(25)28-11-17(24)12-4-6-15(21)16(22)9-12/h3-6,9-10H,1-2,7-8,11H2. The number of halogens is 3. The zero-order valence-corrected chi connectivity index (χ0v) is 16.6. The number of sulfonamides is 1. The predicted molar refractivity (Wildman–Crippen MR) is 100 cm³/mol. The van der Waals surface area contributed by atoms with E-state index in [2.05, 4.69) is 0 Å². The van der Waals surface area contributed by atoms with E-state index in [-0.39, 0.29) is 21.0 Å². The lowest BCUT2D eigenvalue weighted by molar-refractivity contribution is 0.0474. The van der Waals surface area contributed by atoms with Crippen LogP contribution < -0.4 is 0 Å². The van der Waals surface area contributed by atoms with E-state index in [9.17, 15) is 26.8 Å². The van der Waals surface area contributed by atoms with Crippen molar-refractivity contribution in [1.29, 1.82) is 0 Å². The monoisotopic (exact) mass is 443 g/mol. The molecule has 0 N–H and O–H groups in total. The van der Waals surface area contributed by atoms with Gasteiger partial charge in [0.05, 0.1) is 10.6 Å². The molecule has 1 aliphatic heterocycles. The number of ether oxygens (including phenoxy) is 1. The van der Waals surface area contributed by atoms with Crippen LogP contribution in [0.2, 0.25) is 5.02 Å². The molecule has 0 atom stereocenters. The lowest BCUT2D eigenvalue weighted by Gasteiger charge is -2.17. The maximum absolute atomic E-state index is 13.2. The van der Waals surface area contributed by atoms with Crippen molar-refractivity contribution < 1.29 is 31.5 Å². The summed E-state index contributed by atoms with van der Waals surface area (Å²) in [5.74, 6) is -3.99. The molecule has 2 aromatic rings. The molecule has 10 heteroatoms. The fourth-order valence-corrected chi connectivity index (χ4v) is 4.88. The molecule has 3 rings (SSSR count). The van der Waals surface area contributed by atoms with Gasteiger partial charge in [-0.3, -0.25) is 4.79 Å². The first kappa shape index (κ1) is 21.4. The lowest BCUT2D eigenvalue weighted by atomic mass is 10.1. The van der Waals surface area contributed by atoms with Gasteiger partial charge in [-0.25, -0.2) is 22.0 Å². The highest BCUT2D eigenvalue weighted by Crippen LogP contribution is 2.28. The van der Waals surface area contributed by atoms with E-state index in [0.29, 0.717) is 19.2 Å². The quantitative estimate of drug-likeness (QED) is 0.504. The molecular weight excluding hydrogens is 428 g/mol. The summed E-state index contributed by atoms with van der Waals surface area (Å²) in [4.78, 5) is 24.0. The molecule has 0 saturated carbocycles. The van der Waals surface area contributed by atoms with E-state index in [4.69, 9.17) is 16.3 Å². The van der Waals surface area contributed by atoms with Crippen LogP contribution in [0, 0.1) is 11.6 Å². The number of nitrogens with zero attached hydrogens (tertiary/aromatic N) is 1. The predicted octanol–water partition coefficient (Wildman–Crippen LogP) is 3.44. The van der Waals surface area contributed by atoms with Crippen molar-refractivity contribution in [3.63, 3.8) is 0 Å². The van der Waals surface area contributed by atoms with Gasteiger partial charge in [0, 0.05) is 18.7 Å². The van der Waals surface area contributed by atoms with Crippen molar-refractivity contribution in [3.05, 3.63) is 64.2 Å². The molecule has 1 fully saturated rings. The number of benzene rings is 2. The summed E-state index contributed by atoms with van der Waals surface area (Å²) in [6.45, 7) is 0.0207. The molecule has 0 unspecified atom stereocenters. The van der Waals surface area contributed by atoms with Crippen LogP contribution in [-0.4, -0.2) is 44.2 Å². The summed E-state index contributed by atoms with van der Waals surface area (Å²) >= 11 is 6.02. The van der Waals surface area contributed by atoms with E-state index in [1.54, 1.807) is 0 Å². The topological polar surface area (TPSA) is 80.8 Å². The summed E-state index contributed by atoms with van der Waals surface area (Å²) in [5, 5.41) is -0.0358. The van der Waals surface area contributed by atoms with Gasteiger partial charge >= 0.3 is 5.97 Å². The van der Waals surface area contributed by atoms with Crippen LogP contribution in [0.1, 0.15) is 33.6 Å². The van der Waals surface area contributed by atoms with E-state index < -0.39 is 40.0 Å². The van der Waals surface area contributed by atoms with E-state index in [1.807, 2.05) is 0 Å². The highest BCUT2D eigenvalue weighted by Gasteiger charge is 2.30. The highest BCUT2D eigenvalue weighted by atomic mass is 35.5.